The maximum absolute atomic E-state index is 13.4. The molecular weight excluding hydrogens is 265 g/mol. The van der Waals surface area contributed by atoms with Gasteiger partial charge in [-0.15, -0.1) is 0 Å². The topological polar surface area (TPSA) is 20.3 Å². The summed E-state index contributed by atoms with van der Waals surface area (Å²) < 4.78 is 13.4. The van der Waals surface area contributed by atoms with Gasteiger partial charge in [0.2, 0.25) is 0 Å². The second kappa shape index (κ2) is 6.08. The van der Waals surface area contributed by atoms with Crippen molar-refractivity contribution in [1.82, 2.24) is 0 Å². The third-order valence-corrected chi connectivity index (χ3v) is 4.23. The average Bonchev–Trinajstić information content (AvgIpc) is 2.56. The van der Waals surface area contributed by atoms with Gasteiger partial charge < -0.3 is 4.90 Å². The van der Waals surface area contributed by atoms with Crippen LogP contribution in [-0.4, -0.2) is 19.4 Å². The molecule has 1 saturated heterocycles. The quantitative estimate of drug-likeness (QED) is 0.793. The van der Waals surface area contributed by atoms with Crippen LogP contribution < -0.4 is 4.90 Å². The van der Waals surface area contributed by atoms with Gasteiger partial charge in [-0.1, -0.05) is 30.3 Å². The third kappa shape index (κ3) is 2.97. The molecule has 0 spiro atoms. The van der Waals surface area contributed by atoms with Crippen LogP contribution in [0.5, 0.6) is 0 Å². The Kier molecular flexibility index (Phi) is 4.00. The number of hydrogen-bond donors (Lipinski definition) is 0. The Bertz CT molecular complexity index is 618. The SMILES string of the molecule is O=Cc1ccc(F)cc1N1CCC(c2ccccc2)CC1. The van der Waals surface area contributed by atoms with Gasteiger partial charge in [0.1, 0.15) is 5.82 Å². The highest BCUT2D eigenvalue weighted by Crippen LogP contribution is 2.31. The van der Waals surface area contributed by atoms with Gasteiger partial charge in [-0.25, -0.2) is 4.39 Å². The Morgan fingerprint density at radius 3 is 2.43 bits per heavy atom. The van der Waals surface area contributed by atoms with E-state index in [1.165, 1.54) is 17.7 Å². The Morgan fingerprint density at radius 2 is 1.76 bits per heavy atom. The highest BCUT2D eigenvalue weighted by atomic mass is 19.1. The summed E-state index contributed by atoms with van der Waals surface area (Å²) in [6, 6.07) is 14.9. The van der Waals surface area contributed by atoms with Gasteiger partial charge in [-0.3, -0.25) is 4.79 Å². The average molecular weight is 283 g/mol. The van der Waals surface area contributed by atoms with Gasteiger partial charge in [0.15, 0.2) is 6.29 Å². The number of aldehydes is 1. The van der Waals surface area contributed by atoms with Crippen LogP contribution in [0.1, 0.15) is 34.7 Å². The monoisotopic (exact) mass is 283 g/mol. The maximum atomic E-state index is 13.4. The van der Waals surface area contributed by atoms with E-state index in [9.17, 15) is 9.18 Å². The van der Waals surface area contributed by atoms with Crippen LogP contribution in [-0.2, 0) is 0 Å². The molecule has 0 aliphatic carbocycles. The Hall–Kier alpha value is -2.16. The molecule has 0 N–H and O–H groups in total. The summed E-state index contributed by atoms with van der Waals surface area (Å²) in [4.78, 5) is 13.2. The van der Waals surface area contributed by atoms with Crippen LogP contribution in [0.3, 0.4) is 0 Å². The van der Waals surface area contributed by atoms with E-state index in [1.807, 2.05) is 6.07 Å². The molecule has 2 aromatic carbocycles. The summed E-state index contributed by atoms with van der Waals surface area (Å²) in [6.45, 7) is 1.70. The highest BCUT2D eigenvalue weighted by molar-refractivity contribution is 5.84. The Morgan fingerprint density at radius 1 is 1.05 bits per heavy atom. The maximum Gasteiger partial charge on any atom is 0.152 e. The number of anilines is 1. The van der Waals surface area contributed by atoms with Crippen molar-refractivity contribution >= 4 is 12.0 Å². The van der Waals surface area contributed by atoms with Crippen molar-refractivity contribution in [1.29, 1.82) is 0 Å². The molecule has 0 aromatic heterocycles. The van der Waals surface area contributed by atoms with Crippen molar-refractivity contribution in [3.8, 4) is 0 Å². The standard InChI is InChI=1S/C18H18FNO/c19-17-7-6-16(13-21)18(12-17)20-10-8-15(9-11-20)14-4-2-1-3-5-14/h1-7,12-13,15H,8-11H2. The molecule has 2 nitrogen and oxygen atoms in total. The van der Waals surface area contributed by atoms with Crippen LogP contribution in [0.25, 0.3) is 0 Å². The lowest BCUT2D eigenvalue weighted by Crippen LogP contribution is -2.33. The largest absolute Gasteiger partial charge is 0.371 e. The lowest BCUT2D eigenvalue weighted by atomic mass is 9.89. The molecule has 0 bridgehead atoms. The molecule has 108 valence electrons. The predicted molar refractivity (Wildman–Crippen MR) is 82.4 cm³/mol. The number of hydrogen-bond acceptors (Lipinski definition) is 2. The lowest BCUT2D eigenvalue weighted by Gasteiger charge is -2.34. The van der Waals surface area contributed by atoms with E-state index in [0.29, 0.717) is 11.5 Å². The van der Waals surface area contributed by atoms with E-state index < -0.39 is 0 Å². The minimum atomic E-state index is -0.291. The molecule has 1 aliphatic rings. The van der Waals surface area contributed by atoms with Crippen LogP contribution >= 0.6 is 0 Å². The van der Waals surface area contributed by atoms with E-state index in [4.69, 9.17) is 0 Å². The molecule has 0 atom stereocenters. The van der Waals surface area contributed by atoms with Gasteiger partial charge in [0.05, 0.1) is 5.69 Å². The smallest absolute Gasteiger partial charge is 0.152 e. The fourth-order valence-electron chi connectivity index (χ4n) is 3.07. The van der Waals surface area contributed by atoms with Crippen molar-refractivity contribution < 1.29 is 9.18 Å². The fourth-order valence-corrected chi connectivity index (χ4v) is 3.07. The fraction of sp³-hybridized carbons (Fsp3) is 0.278. The summed E-state index contributed by atoms with van der Waals surface area (Å²) in [5.41, 5.74) is 2.65. The number of carbonyl (C=O) groups excluding carboxylic acids is 1. The first-order valence-electron chi connectivity index (χ1n) is 7.32. The minimum absolute atomic E-state index is 0.291. The van der Waals surface area contributed by atoms with Crippen molar-refractivity contribution in [2.24, 2.45) is 0 Å². The number of benzene rings is 2. The van der Waals surface area contributed by atoms with Gasteiger partial charge >= 0.3 is 0 Å². The number of nitrogens with zero attached hydrogens (tertiary/aromatic N) is 1. The Balaban J connectivity index is 1.74. The van der Waals surface area contributed by atoms with Crippen molar-refractivity contribution in [2.75, 3.05) is 18.0 Å². The van der Waals surface area contributed by atoms with E-state index in [-0.39, 0.29) is 5.82 Å². The molecule has 0 amide bonds. The van der Waals surface area contributed by atoms with Gasteiger partial charge in [-0.2, -0.15) is 0 Å². The minimum Gasteiger partial charge on any atom is -0.371 e. The van der Waals surface area contributed by atoms with Crippen molar-refractivity contribution in [3.63, 3.8) is 0 Å². The second-order valence-corrected chi connectivity index (χ2v) is 5.49. The van der Waals surface area contributed by atoms with E-state index >= 15 is 0 Å². The molecule has 0 saturated carbocycles. The molecule has 21 heavy (non-hydrogen) atoms. The summed E-state index contributed by atoms with van der Waals surface area (Å²) in [5, 5.41) is 0. The first-order chi connectivity index (χ1) is 10.3. The zero-order valence-corrected chi connectivity index (χ0v) is 11.8. The summed E-state index contributed by atoms with van der Waals surface area (Å²) in [7, 11) is 0. The normalized spacial score (nSPS) is 16.0. The molecular formula is C18H18FNO. The van der Waals surface area contributed by atoms with E-state index in [1.54, 1.807) is 6.07 Å². The Labute approximate surface area is 124 Å². The van der Waals surface area contributed by atoms with Crippen LogP contribution in [0.4, 0.5) is 10.1 Å². The van der Waals surface area contributed by atoms with Crippen LogP contribution in [0, 0.1) is 5.82 Å². The number of rotatable bonds is 3. The zero-order chi connectivity index (χ0) is 14.7. The lowest BCUT2D eigenvalue weighted by molar-refractivity contribution is 0.112. The van der Waals surface area contributed by atoms with Gasteiger partial charge in [-0.05, 0) is 42.5 Å². The first-order valence-corrected chi connectivity index (χ1v) is 7.32. The first kappa shape index (κ1) is 13.8. The summed E-state index contributed by atoms with van der Waals surface area (Å²) in [5.74, 6) is 0.261. The predicted octanol–water partition coefficient (Wildman–Crippen LogP) is 4.02. The summed E-state index contributed by atoms with van der Waals surface area (Å²) >= 11 is 0. The van der Waals surface area contributed by atoms with Crippen molar-refractivity contribution in [3.05, 3.63) is 65.5 Å². The molecule has 1 aliphatic heterocycles. The second-order valence-electron chi connectivity index (χ2n) is 5.49. The van der Waals surface area contributed by atoms with E-state index in [0.717, 1.165) is 37.9 Å². The van der Waals surface area contributed by atoms with Gasteiger partial charge in [0, 0.05) is 18.7 Å². The summed E-state index contributed by atoms with van der Waals surface area (Å²) in [6.07, 6.45) is 2.86. The molecule has 0 unspecified atom stereocenters. The third-order valence-electron chi connectivity index (χ3n) is 4.23. The van der Waals surface area contributed by atoms with E-state index in [2.05, 4.69) is 29.2 Å². The highest BCUT2D eigenvalue weighted by Gasteiger charge is 2.22. The van der Waals surface area contributed by atoms with Gasteiger partial charge in [0.25, 0.3) is 0 Å². The molecule has 2 aromatic rings. The van der Waals surface area contributed by atoms with Crippen LogP contribution in [0.2, 0.25) is 0 Å². The number of piperidine rings is 1. The molecule has 0 radical (unpaired) electrons. The molecule has 1 heterocycles. The zero-order valence-electron chi connectivity index (χ0n) is 11.8. The molecule has 3 rings (SSSR count). The number of halogens is 1. The van der Waals surface area contributed by atoms with Crippen molar-refractivity contribution in [2.45, 2.75) is 18.8 Å². The number of carbonyl (C=O) groups is 1. The molecule has 1 fully saturated rings. The van der Waals surface area contributed by atoms with Crippen LogP contribution in [0.15, 0.2) is 48.5 Å². The molecule has 3 heteroatoms.